The maximum Gasteiger partial charge on any atom is 0.223 e. The Morgan fingerprint density at radius 1 is 1.16 bits per heavy atom. The lowest BCUT2D eigenvalue weighted by atomic mass is 10.1. The molecule has 7 N–H and O–H groups in total. The Morgan fingerprint density at radius 2 is 1.84 bits per heavy atom. The highest BCUT2D eigenvalue weighted by Gasteiger charge is 2.11. The number of benzene rings is 1. The van der Waals surface area contributed by atoms with Gasteiger partial charge in [0.25, 0.3) is 0 Å². The molecular formula is C12H16N6O. The molecule has 0 amide bonds. The molecule has 0 bridgehead atoms. The monoisotopic (exact) mass is 260 g/mol. The SMILES string of the molecule is NNc1cc(NC(CO)c2ccccc2)nc(N)n1. The van der Waals surface area contributed by atoms with Crippen molar-refractivity contribution in [3.8, 4) is 0 Å². The van der Waals surface area contributed by atoms with E-state index in [0.717, 1.165) is 5.56 Å². The number of hydrazine groups is 1. The molecule has 2 rings (SSSR count). The third-order valence-electron chi connectivity index (χ3n) is 2.60. The Morgan fingerprint density at radius 3 is 2.47 bits per heavy atom. The van der Waals surface area contributed by atoms with Gasteiger partial charge in [-0.25, -0.2) is 5.84 Å². The van der Waals surface area contributed by atoms with Gasteiger partial charge in [-0.3, -0.25) is 0 Å². The molecule has 1 aromatic carbocycles. The van der Waals surface area contributed by atoms with Crippen molar-refractivity contribution in [2.75, 3.05) is 23.1 Å². The molecule has 19 heavy (non-hydrogen) atoms. The number of nitrogen functional groups attached to an aromatic ring is 2. The lowest BCUT2D eigenvalue weighted by Gasteiger charge is -2.17. The summed E-state index contributed by atoms with van der Waals surface area (Å²) >= 11 is 0. The van der Waals surface area contributed by atoms with Crippen molar-refractivity contribution in [2.45, 2.75) is 6.04 Å². The van der Waals surface area contributed by atoms with Gasteiger partial charge in [-0.2, -0.15) is 9.97 Å². The molecule has 0 radical (unpaired) electrons. The highest BCUT2D eigenvalue weighted by molar-refractivity contribution is 5.51. The maximum atomic E-state index is 9.46. The molecular weight excluding hydrogens is 244 g/mol. The van der Waals surface area contributed by atoms with Gasteiger partial charge in [0.05, 0.1) is 12.6 Å². The molecule has 0 fully saturated rings. The standard InChI is InChI=1S/C12H16N6O/c13-12-16-10(6-11(17-12)18-14)15-9(7-19)8-4-2-1-3-5-8/h1-6,9,19H,7,14H2,(H4,13,15,16,17,18). The molecule has 1 aromatic heterocycles. The minimum atomic E-state index is -0.277. The fourth-order valence-corrected chi connectivity index (χ4v) is 1.71. The van der Waals surface area contributed by atoms with Gasteiger partial charge >= 0.3 is 0 Å². The van der Waals surface area contributed by atoms with Crippen molar-refractivity contribution < 1.29 is 5.11 Å². The van der Waals surface area contributed by atoms with Gasteiger partial charge in [-0.05, 0) is 5.56 Å². The smallest absolute Gasteiger partial charge is 0.223 e. The summed E-state index contributed by atoms with van der Waals surface area (Å²) in [6.45, 7) is -0.0701. The molecule has 0 aliphatic rings. The highest BCUT2D eigenvalue weighted by atomic mass is 16.3. The Labute approximate surface area is 110 Å². The first-order valence-electron chi connectivity index (χ1n) is 5.76. The van der Waals surface area contributed by atoms with Crippen LogP contribution in [0.4, 0.5) is 17.6 Å². The third-order valence-corrected chi connectivity index (χ3v) is 2.60. The fraction of sp³-hybridized carbons (Fsp3) is 0.167. The number of aromatic nitrogens is 2. The largest absolute Gasteiger partial charge is 0.394 e. The van der Waals surface area contributed by atoms with Crippen LogP contribution in [0.25, 0.3) is 0 Å². The first kappa shape index (κ1) is 13.1. The third kappa shape index (κ3) is 3.30. The van der Waals surface area contributed by atoms with Gasteiger partial charge in [0.2, 0.25) is 5.95 Å². The topological polar surface area (TPSA) is 122 Å². The van der Waals surface area contributed by atoms with Crippen LogP contribution < -0.4 is 22.3 Å². The number of hydrogen-bond donors (Lipinski definition) is 5. The van der Waals surface area contributed by atoms with Gasteiger partial charge in [0.1, 0.15) is 11.6 Å². The average molecular weight is 260 g/mol. The van der Waals surface area contributed by atoms with E-state index in [-0.39, 0.29) is 18.6 Å². The van der Waals surface area contributed by atoms with Crippen LogP contribution in [0.1, 0.15) is 11.6 Å². The first-order valence-corrected chi connectivity index (χ1v) is 5.76. The van der Waals surface area contributed by atoms with Gasteiger partial charge in [0.15, 0.2) is 0 Å². The predicted octanol–water partition coefficient (Wildman–Crippen LogP) is 0.490. The van der Waals surface area contributed by atoms with E-state index < -0.39 is 0 Å². The van der Waals surface area contributed by atoms with Crippen LogP contribution in [0.5, 0.6) is 0 Å². The van der Waals surface area contributed by atoms with E-state index in [1.54, 1.807) is 6.07 Å². The summed E-state index contributed by atoms with van der Waals surface area (Å²) in [5.41, 5.74) is 8.92. The summed E-state index contributed by atoms with van der Waals surface area (Å²) in [4.78, 5) is 7.93. The van der Waals surface area contributed by atoms with Crippen LogP contribution >= 0.6 is 0 Å². The predicted molar refractivity (Wildman–Crippen MR) is 74.1 cm³/mol. The summed E-state index contributed by atoms with van der Waals surface area (Å²) in [6.07, 6.45) is 0. The van der Waals surface area contributed by atoms with Crippen LogP contribution in [0.2, 0.25) is 0 Å². The number of hydrogen-bond acceptors (Lipinski definition) is 7. The van der Waals surface area contributed by atoms with Gasteiger partial charge in [-0.1, -0.05) is 30.3 Å². The molecule has 1 unspecified atom stereocenters. The van der Waals surface area contributed by atoms with E-state index in [9.17, 15) is 5.11 Å². The fourth-order valence-electron chi connectivity index (χ4n) is 1.71. The van der Waals surface area contributed by atoms with Crippen molar-refractivity contribution in [3.63, 3.8) is 0 Å². The minimum absolute atomic E-state index is 0.0701. The van der Waals surface area contributed by atoms with Gasteiger partial charge < -0.3 is 21.6 Å². The minimum Gasteiger partial charge on any atom is -0.394 e. The number of nitrogens with two attached hydrogens (primary N) is 2. The molecule has 0 spiro atoms. The molecule has 1 atom stereocenters. The first-order chi connectivity index (χ1) is 9.22. The summed E-state index contributed by atoms with van der Waals surface area (Å²) in [7, 11) is 0. The highest BCUT2D eigenvalue weighted by Crippen LogP contribution is 2.19. The molecule has 0 aliphatic carbocycles. The number of rotatable bonds is 5. The summed E-state index contributed by atoms with van der Waals surface area (Å²) in [5.74, 6) is 6.28. The zero-order valence-electron chi connectivity index (χ0n) is 10.2. The van der Waals surface area contributed by atoms with Crippen LogP contribution in [0.15, 0.2) is 36.4 Å². The van der Waals surface area contributed by atoms with Crippen LogP contribution in [0, 0.1) is 0 Å². The average Bonchev–Trinajstić information content (AvgIpc) is 2.45. The van der Waals surface area contributed by atoms with Gasteiger partial charge in [-0.15, -0.1) is 0 Å². The normalized spacial score (nSPS) is 11.9. The number of nitrogens with one attached hydrogen (secondary N) is 2. The second-order valence-electron chi connectivity index (χ2n) is 3.93. The number of anilines is 3. The molecule has 0 saturated carbocycles. The van der Waals surface area contributed by atoms with E-state index in [2.05, 4.69) is 20.7 Å². The van der Waals surface area contributed by atoms with Crippen molar-refractivity contribution in [1.82, 2.24) is 9.97 Å². The summed E-state index contributed by atoms with van der Waals surface area (Å²) in [5, 5.41) is 12.5. The van der Waals surface area contributed by atoms with Crippen LogP contribution in [-0.4, -0.2) is 21.7 Å². The molecule has 7 heteroatoms. The Kier molecular flexibility index (Phi) is 4.11. The van der Waals surface area contributed by atoms with Gasteiger partial charge in [0, 0.05) is 6.07 Å². The maximum absolute atomic E-state index is 9.46. The molecule has 0 saturated heterocycles. The Balaban J connectivity index is 2.21. The van der Waals surface area contributed by atoms with E-state index >= 15 is 0 Å². The van der Waals surface area contributed by atoms with E-state index in [4.69, 9.17) is 11.6 Å². The molecule has 100 valence electrons. The number of aliphatic hydroxyl groups is 1. The molecule has 1 heterocycles. The number of nitrogens with zero attached hydrogens (tertiary/aromatic N) is 2. The number of aliphatic hydroxyl groups excluding tert-OH is 1. The van der Waals surface area contributed by atoms with Crippen molar-refractivity contribution >= 4 is 17.6 Å². The molecule has 7 nitrogen and oxygen atoms in total. The summed E-state index contributed by atoms with van der Waals surface area (Å²) in [6, 6.07) is 10.9. The zero-order valence-corrected chi connectivity index (χ0v) is 10.2. The lowest BCUT2D eigenvalue weighted by Crippen LogP contribution is -2.17. The molecule has 0 aliphatic heterocycles. The van der Waals surface area contributed by atoms with Crippen molar-refractivity contribution in [3.05, 3.63) is 42.0 Å². The van der Waals surface area contributed by atoms with E-state index in [0.29, 0.717) is 11.6 Å². The van der Waals surface area contributed by atoms with Crippen LogP contribution in [-0.2, 0) is 0 Å². The quantitative estimate of drug-likeness (QED) is 0.391. The second-order valence-corrected chi connectivity index (χ2v) is 3.93. The zero-order chi connectivity index (χ0) is 13.7. The van der Waals surface area contributed by atoms with Crippen molar-refractivity contribution in [2.24, 2.45) is 5.84 Å². The van der Waals surface area contributed by atoms with E-state index in [1.807, 2.05) is 30.3 Å². The van der Waals surface area contributed by atoms with E-state index in [1.165, 1.54) is 0 Å². The Hall–Kier alpha value is -2.38. The molecule has 2 aromatic rings. The van der Waals surface area contributed by atoms with Crippen LogP contribution in [0.3, 0.4) is 0 Å². The van der Waals surface area contributed by atoms with Crippen molar-refractivity contribution in [1.29, 1.82) is 0 Å². The Bertz CT molecular complexity index is 533. The summed E-state index contributed by atoms with van der Waals surface area (Å²) < 4.78 is 0. The second kappa shape index (κ2) is 5.98. The lowest BCUT2D eigenvalue weighted by molar-refractivity contribution is 0.276.